The van der Waals surface area contributed by atoms with Crippen LogP contribution >= 0.6 is 0 Å². The smallest absolute Gasteiger partial charge is 0.304 e. The maximum atomic E-state index is 12.2. The van der Waals surface area contributed by atoms with E-state index in [4.69, 9.17) is 5.11 Å². The third-order valence-electron chi connectivity index (χ3n) is 3.57. The minimum absolute atomic E-state index is 0.0452. The van der Waals surface area contributed by atoms with E-state index < -0.39 is 16.0 Å². The molecule has 0 aromatic heterocycles. The Kier molecular flexibility index (Phi) is 4.77. The molecular formula is C14H19NO4S. The van der Waals surface area contributed by atoms with E-state index >= 15 is 0 Å². The van der Waals surface area contributed by atoms with Gasteiger partial charge in [-0.05, 0) is 24.8 Å². The fourth-order valence-corrected chi connectivity index (χ4v) is 4.31. The monoisotopic (exact) mass is 297 g/mol. The van der Waals surface area contributed by atoms with Crippen molar-refractivity contribution in [3.05, 3.63) is 35.9 Å². The van der Waals surface area contributed by atoms with Gasteiger partial charge in [0.1, 0.15) is 0 Å². The van der Waals surface area contributed by atoms with Crippen LogP contribution in [0.25, 0.3) is 0 Å². The number of nitrogens with zero attached hydrogens (tertiary/aromatic N) is 1. The summed E-state index contributed by atoms with van der Waals surface area (Å²) in [6, 6.07) is 9.73. The number of rotatable bonds is 6. The molecule has 1 fully saturated rings. The summed E-state index contributed by atoms with van der Waals surface area (Å²) in [6.45, 7) is 0.499. The lowest BCUT2D eigenvalue weighted by Crippen LogP contribution is -2.38. The Labute approximate surface area is 119 Å². The Bertz CT molecular complexity index is 556. The van der Waals surface area contributed by atoms with Crippen LogP contribution in [-0.4, -0.2) is 42.1 Å². The Balaban J connectivity index is 2.05. The van der Waals surface area contributed by atoms with Crippen LogP contribution in [0.4, 0.5) is 0 Å². The standard InChI is InChI=1S/C14H19NO4S/c16-14(17)8-10-20(18,19)15-9-4-7-13(15)11-12-5-2-1-3-6-12/h1-3,5-6,13H,4,7-11H2,(H,16,17). The fourth-order valence-electron chi connectivity index (χ4n) is 2.60. The van der Waals surface area contributed by atoms with Gasteiger partial charge in [0.15, 0.2) is 0 Å². The van der Waals surface area contributed by atoms with Gasteiger partial charge < -0.3 is 5.11 Å². The summed E-state index contributed by atoms with van der Waals surface area (Å²) in [4.78, 5) is 10.6. The zero-order chi connectivity index (χ0) is 14.6. The van der Waals surface area contributed by atoms with Crippen molar-refractivity contribution >= 4 is 16.0 Å². The molecule has 1 heterocycles. The third kappa shape index (κ3) is 3.80. The molecule has 0 amide bonds. The minimum atomic E-state index is -3.47. The Morgan fingerprint density at radius 1 is 1.30 bits per heavy atom. The summed E-state index contributed by atoms with van der Waals surface area (Å²) in [7, 11) is -3.47. The molecule has 110 valence electrons. The molecule has 5 nitrogen and oxygen atoms in total. The predicted octanol–water partition coefficient (Wildman–Crippen LogP) is 1.50. The van der Waals surface area contributed by atoms with Crippen molar-refractivity contribution in [1.82, 2.24) is 4.31 Å². The van der Waals surface area contributed by atoms with Crippen LogP contribution < -0.4 is 0 Å². The summed E-state index contributed by atoms with van der Waals surface area (Å²) in [6.07, 6.45) is 2.02. The average Bonchev–Trinajstić information content (AvgIpc) is 2.87. The summed E-state index contributed by atoms with van der Waals surface area (Å²) >= 11 is 0. The summed E-state index contributed by atoms with van der Waals surface area (Å²) in [5.74, 6) is -1.39. The molecule has 1 aliphatic rings. The first-order valence-corrected chi connectivity index (χ1v) is 8.35. The Hall–Kier alpha value is -1.40. The molecule has 1 unspecified atom stereocenters. The normalized spacial score (nSPS) is 20.1. The molecule has 0 radical (unpaired) electrons. The number of carboxylic acids is 1. The van der Waals surface area contributed by atoms with Crippen LogP contribution in [0.15, 0.2) is 30.3 Å². The molecule has 2 rings (SSSR count). The fraction of sp³-hybridized carbons (Fsp3) is 0.500. The van der Waals surface area contributed by atoms with Crippen LogP contribution in [0.3, 0.4) is 0 Å². The number of hydrogen-bond donors (Lipinski definition) is 1. The van der Waals surface area contributed by atoms with E-state index in [1.54, 1.807) is 0 Å². The van der Waals surface area contributed by atoms with Gasteiger partial charge in [-0.1, -0.05) is 30.3 Å². The number of aliphatic carboxylic acids is 1. The largest absolute Gasteiger partial charge is 0.481 e. The molecule has 1 aromatic carbocycles. The highest BCUT2D eigenvalue weighted by atomic mass is 32.2. The number of benzene rings is 1. The topological polar surface area (TPSA) is 74.7 Å². The molecule has 1 atom stereocenters. The first kappa shape index (κ1) is 15.0. The Morgan fingerprint density at radius 3 is 2.65 bits per heavy atom. The van der Waals surface area contributed by atoms with Crippen molar-refractivity contribution in [3.63, 3.8) is 0 Å². The van der Waals surface area contributed by atoms with Crippen LogP contribution in [0.5, 0.6) is 0 Å². The van der Waals surface area contributed by atoms with E-state index in [0.717, 1.165) is 18.4 Å². The molecule has 0 bridgehead atoms. The first-order chi connectivity index (χ1) is 9.49. The third-order valence-corrected chi connectivity index (χ3v) is 5.48. The van der Waals surface area contributed by atoms with Gasteiger partial charge in [-0.15, -0.1) is 0 Å². The lowest BCUT2D eigenvalue weighted by molar-refractivity contribution is -0.136. The van der Waals surface area contributed by atoms with Crippen LogP contribution in [0.1, 0.15) is 24.8 Å². The second-order valence-corrected chi connectivity index (χ2v) is 7.10. The number of carboxylic acid groups (broad SMARTS) is 1. The van der Waals surface area contributed by atoms with Crippen LogP contribution in [-0.2, 0) is 21.2 Å². The van der Waals surface area contributed by atoms with Gasteiger partial charge in [0.05, 0.1) is 12.2 Å². The number of sulfonamides is 1. The van der Waals surface area contributed by atoms with E-state index in [9.17, 15) is 13.2 Å². The van der Waals surface area contributed by atoms with E-state index in [0.29, 0.717) is 13.0 Å². The van der Waals surface area contributed by atoms with Gasteiger partial charge in [-0.3, -0.25) is 4.79 Å². The van der Waals surface area contributed by atoms with Crippen LogP contribution in [0, 0.1) is 0 Å². The number of hydrogen-bond acceptors (Lipinski definition) is 3. The summed E-state index contributed by atoms with van der Waals surface area (Å²) in [5, 5.41) is 8.64. The van der Waals surface area contributed by atoms with Crippen molar-refractivity contribution in [2.24, 2.45) is 0 Å². The van der Waals surface area contributed by atoms with Crippen molar-refractivity contribution in [3.8, 4) is 0 Å². The molecule has 0 spiro atoms. The first-order valence-electron chi connectivity index (χ1n) is 6.74. The van der Waals surface area contributed by atoms with Gasteiger partial charge >= 0.3 is 5.97 Å². The average molecular weight is 297 g/mol. The van der Waals surface area contributed by atoms with Crippen molar-refractivity contribution in [2.45, 2.75) is 31.7 Å². The SMILES string of the molecule is O=C(O)CCS(=O)(=O)N1CCCC1Cc1ccccc1. The maximum absolute atomic E-state index is 12.2. The van der Waals surface area contributed by atoms with Crippen molar-refractivity contribution in [2.75, 3.05) is 12.3 Å². The van der Waals surface area contributed by atoms with Crippen molar-refractivity contribution < 1.29 is 18.3 Å². The molecular weight excluding hydrogens is 278 g/mol. The van der Waals surface area contributed by atoms with Gasteiger partial charge in [0.2, 0.25) is 10.0 Å². The van der Waals surface area contributed by atoms with E-state index in [1.165, 1.54) is 4.31 Å². The molecule has 1 aromatic rings. The number of carbonyl (C=O) groups is 1. The highest BCUT2D eigenvalue weighted by Gasteiger charge is 2.34. The molecule has 20 heavy (non-hydrogen) atoms. The zero-order valence-electron chi connectivity index (χ0n) is 11.2. The van der Waals surface area contributed by atoms with Gasteiger partial charge in [-0.2, -0.15) is 4.31 Å². The second kappa shape index (κ2) is 6.37. The molecule has 1 aliphatic heterocycles. The quantitative estimate of drug-likeness (QED) is 0.863. The Morgan fingerprint density at radius 2 is 2.00 bits per heavy atom. The highest BCUT2D eigenvalue weighted by molar-refractivity contribution is 7.89. The lowest BCUT2D eigenvalue weighted by Gasteiger charge is -2.24. The van der Waals surface area contributed by atoms with E-state index in [2.05, 4.69) is 0 Å². The predicted molar refractivity (Wildman–Crippen MR) is 75.9 cm³/mol. The van der Waals surface area contributed by atoms with Gasteiger partial charge in [0.25, 0.3) is 0 Å². The van der Waals surface area contributed by atoms with Gasteiger partial charge in [-0.25, -0.2) is 8.42 Å². The highest BCUT2D eigenvalue weighted by Crippen LogP contribution is 2.24. The molecule has 0 saturated carbocycles. The molecule has 6 heteroatoms. The van der Waals surface area contributed by atoms with Crippen LogP contribution in [0.2, 0.25) is 0 Å². The van der Waals surface area contributed by atoms with E-state index in [1.807, 2.05) is 30.3 Å². The lowest BCUT2D eigenvalue weighted by atomic mass is 10.1. The second-order valence-electron chi connectivity index (χ2n) is 5.06. The maximum Gasteiger partial charge on any atom is 0.304 e. The van der Waals surface area contributed by atoms with Crippen molar-refractivity contribution in [1.29, 1.82) is 0 Å². The minimum Gasteiger partial charge on any atom is -0.481 e. The summed E-state index contributed by atoms with van der Waals surface area (Å²) in [5.41, 5.74) is 1.11. The molecule has 0 aliphatic carbocycles. The molecule has 1 N–H and O–H groups in total. The summed E-state index contributed by atoms with van der Waals surface area (Å²) < 4.78 is 25.9. The zero-order valence-corrected chi connectivity index (χ0v) is 12.1. The molecule has 1 saturated heterocycles. The van der Waals surface area contributed by atoms with Gasteiger partial charge in [0, 0.05) is 12.6 Å². The van der Waals surface area contributed by atoms with E-state index in [-0.39, 0.29) is 18.2 Å².